The number of halogens is 1. The number of esters is 1. The Morgan fingerprint density at radius 2 is 1.76 bits per heavy atom. The maximum atomic E-state index is 13.2. The first-order chi connectivity index (χ1) is 16.2. The van der Waals surface area contributed by atoms with E-state index < -0.39 is 21.9 Å². The number of aliphatic hydroxyl groups excluding tert-OH is 1. The van der Waals surface area contributed by atoms with Crippen LogP contribution in [0.3, 0.4) is 0 Å². The maximum absolute atomic E-state index is 13.2. The van der Waals surface area contributed by atoms with Crippen molar-refractivity contribution in [2.45, 2.75) is 42.2 Å². The minimum absolute atomic E-state index is 0.0181. The molecule has 0 heterocycles. The van der Waals surface area contributed by atoms with E-state index in [1.807, 2.05) is 13.0 Å². The van der Waals surface area contributed by atoms with E-state index in [9.17, 15) is 18.3 Å². The number of hydrogen-bond acceptors (Lipinski definition) is 6. The van der Waals surface area contributed by atoms with Crippen molar-refractivity contribution >= 4 is 27.4 Å². The molecule has 0 aromatic heterocycles. The first kappa shape index (κ1) is 25.9. The molecular formula is C26H28ClNO5S. The molecule has 0 aliphatic rings. The number of sulfone groups is 1. The van der Waals surface area contributed by atoms with Crippen LogP contribution < -0.4 is 5.32 Å². The number of carbonyl (C=O) groups excluding carboxylic acids is 1. The molecule has 6 nitrogen and oxygen atoms in total. The third-order valence-electron chi connectivity index (χ3n) is 5.34. The molecule has 0 spiro atoms. The zero-order valence-corrected chi connectivity index (χ0v) is 20.6. The lowest BCUT2D eigenvalue weighted by Gasteiger charge is -2.18. The van der Waals surface area contributed by atoms with Crippen molar-refractivity contribution in [3.05, 3.63) is 94.5 Å². The highest BCUT2D eigenvalue weighted by molar-refractivity contribution is 7.91. The largest absolute Gasteiger partial charge is 0.462 e. The highest BCUT2D eigenvalue weighted by atomic mass is 35.5. The number of hydrogen-bond donors (Lipinski definition) is 2. The van der Waals surface area contributed by atoms with Gasteiger partial charge in [-0.25, -0.2) is 13.2 Å². The summed E-state index contributed by atoms with van der Waals surface area (Å²) in [5.41, 5.74) is 1.70. The summed E-state index contributed by atoms with van der Waals surface area (Å²) in [5, 5.41) is 14.2. The van der Waals surface area contributed by atoms with E-state index in [0.29, 0.717) is 18.0 Å². The van der Waals surface area contributed by atoms with Crippen LogP contribution >= 0.6 is 11.6 Å². The van der Waals surface area contributed by atoms with E-state index in [1.54, 1.807) is 61.5 Å². The van der Waals surface area contributed by atoms with Crippen molar-refractivity contribution < 1.29 is 23.1 Å². The molecule has 3 aromatic rings. The summed E-state index contributed by atoms with van der Waals surface area (Å²) in [6.45, 7) is 4.18. The molecule has 3 aromatic carbocycles. The number of nitrogens with one attached hydrogen (secondary N) is 1. The second-order valence-electron chi connectivity index (χ2n) is 7.95. The maximum Gasteiger partial charge on any atom is 0.339 e. The molecule has 0 aliphatic carbocycles. The Hall–Kier alpha value is -2.71. The number of aliphatic hydroxyl groups is 1. The summed E-state index contributed by atoms with van der Waals surface area (Å²) in [7, 11) is -3.89. The fourth-order valence-corrected chi connectivity index (χ4v) is 5.23. The van der Waals surface area contributed by atoms with Gasteiger partial charge < -0.3 is 15.2 Å². The zero-order chi connectivity index (χ0) is 24.7. The summed E-state index contributed by atoms with van der Waals surface area (Å²) in [6, 6.07) is 19.8. The minimum Gasteiger partial charge on any atom is -0.462 e. The quantitative estimate of drug-likeness (QED) is 0.394. The molecule has 0 bridgehead atoms. The van der Waals surface area contributed by atoms with Crippen molar-refractivity contribution in [2.75, 3.05) is 13.2 Å². The Bertz CT molecular complexity index is 1230. The Morgan fingerprint density at radius 3 is 2.44 bits per heavy atom. The third-order valence-corrected chi connectivity index (χ3v) is 7.40. The van der Waals surface area contributed by atoms with Gasteiger partial charge in [0.15, 0.2) is 0 Å². The van der Waals surface area contributed by atoms with Gasteiger partial charge in [0, 0.05) is 17.6 Å². The van der Waals surface area contributed by atoms with Crippen LogP contribution in [0.15, 0.2) is 82.6 Å². The lowest BCUT2D eigenvalue weighted by molar-refractivity contribution is 0.0522. The highest BCUT2D eigenvalue weighted by Crippen LogP contribution is 2.25. The van der Waals surface area contributed by atoms with Crippen LogP contribution in [0, 0.1) is 0 Å². The Morgan fingerprint density at radius 1 is 1.06 bits per heavy atom. The smallest absolute Gasteiger partial charge is 0.339 e. The summed E-state index contributed by atoms with van der Waals surface area (Å²) in [6.07, 6.45) is -0.0460. The number of carbonyl (C=O) groups is 1. The Balaban J connectivity index is 1.66. The highest BCUT2D eigenvalue weighted by Gasteiger charge is 2.25. The molecule has 180 valence electrons. The lowest BCUT2D eigenvalue weighted by atomic mass is 10.1. The molecule has 8 heteroatoms. The molecule has 0 aliphatic heterocycles. The standard InChI is InChI=1S/C26H28ClNO5S/c1-3-33-26(30)23-9-4-5-10-25(23)34(31,32)22-13-11-19(12-14-22)15-18(2)28-17-24(29)20-7-6-8-21(27)16-20/h4-14,16,18,24,28-29H,3,15,17H2,1-2H3/t18-,24+/m1/s1. The monoisotopic (exact) mass is 501 g/mol. The fraction of sp³-hybridized carbons (Fsp3) is 0.269. The SMILES string of the molecule is CCOC(=O)c1ccccc1S(=O)(=O)c1ccc(C[C@@H](C)NC[C@H](O)c2cccc(Cl)c2)cc1. The number of rotatable bonds is 10. The van der Waals surface area contributed by atoms with E-state index in [-0.39, 0.29) is 28.0 Å². The van der Waals surface area contributed by atoms with Crippen molar-refractivity contribution in [3.63, 3.8) is 0 Å². The second kappa shape index (κ2) is 11.6. The van der Waals surface area contributed by atoms with Gasteiger partial charge in [-0.1, -0.05) is 48.0 Å². The molecule has 0 saturated carbocycles. The molecule has 34 heavy (non-hydrogen) atoms. The van der Waals surface area contributed by atoms with Gasteiger partial charge >= 0.3 is 5.97 Å². The Kier molecular flexibility index (Phi) is 8.85. The van der Waals surface area contributed by atoms with E-state index in [4.69, 9.17) is 16.3 Å². The lowest BCUT2D eigenvalue weighted by Crippen LogP contribution is -2.32. The fourth-order valence-electron chi connectivity index (χ4n) is 3.58. The average Bonchev–Trinajstić information content (AvgIpc) is 2.83. The molecule has 0 amide bonds. The Labute approximate surface area is 205 Å². The first-order valence-corrected chi connectivity index (χ1v) is 12.9. The van der Waals surface area contributed by atoms with Crippen LogP contribution in [-0.4, -0.2) is 38.7 Å². The molecule has 0 fully saturated rings. The van der Waals surface area contributed by atoms with E-state index >= 15 is 0 Å². The summed E-state index contributed by atoms with van der Waals surface area (Å²) >= 11 is 5.98. The van der Waals surface area contributed by atoms with Crippen LogP contribution in [0.4, 0.5) is 0 Å². The molecule has 2 N–H and O–H groups in total. The molecule has 2 atom stereocenters. The number of benzene rings is 3. The van der Waals surface area contributed by atoms with E-state index in [1.165, 1.54) is 12.1 Å². The topological polar surface area (TPSA) is 92.7 Å². The van der Waals surface area contributed by atoms with Crippen LogP contribution in [0.1, 0.15) is 41.4 Å². The second-order valence-corrected chi connectivity index (χ2v) is 10.3. The summed E-state index contributed by atoms with van der Waals surface area (Å²) in [4.78, 5) is 12.2. The molecule has 0 unspecified atom stereocenters. The van der Waals surface area contributed by atoms with Crippen molar-refractivity contribution in [3.8, 4) is 0 Å². The minimum atomic E-state index is -3.89. The normalized spacial score (nSPS) is 13.3. The molecule has 0 saturated heterocycles. The number of ether oxygens (including phenoxy) is 1. The third kappa shape index (κ3) is 6.45. The van der Waals surface area contributed by atoms with Crippen LogP contribution in [0.5, 0.6) is 0 Å². The predicted molar refractivity (Wildman–Crippen MR) is 132 cm³/mol. The van der Waals surface area contributed by atoms with Gasteiger partial charge in [-0.15, -0.1) is 0 Å². The van der Waals surface area contributed by atoms with E-state index in [2.05, 4.69) is 5.32 Å². The summed E-state index contributed by atoms with van der Waals surface area (Å²) in [5.74, 6) is -0.668. The van der Waals surface area contributed by atoms with Gasteiger partial charge in [-0.05, 0) is 67.8 Å². The van der Waals surface area contributed by atoms with Gasteiger partial charge in [-0.3, -0.25) is 0 Å². The molecular weight excluding hydrogens is 474 g/mol. The van der Waals surface area contributed by atoms with Gasteiger partial charge in [0.2, 0.25) is 9.84 Å². The van der Waals surface area contributed by atoms with Gasteiger partial charge in [0.05, 0.1) is 28.1 Å². The zero-order valence-electron chi connectivity index (χ0n) is 19.1. The summed E-state index contributed by atoms with van der Waals surface area (Å²) < 4.78 is 31.4. The van der Waals surface area contributed by atoms with Crippen molar-refractivity contribution in [1.29, 1.82) is 0 Å². The van der Waals surface area contributed by atoms with Crippen LogP contribution in [0.2, 0.25) is 5.02 Å². The van der Waals surface area contributed by atoms with Gasteiger partial charge in [0.1, 0.15) is 0 Å². The van der Waals surface area contributed by atoms with Crippen LogP contribution in [-0.2, 0) is 21.0 Å². The molecule has 3 rings (SSSR count). The molecule has 0 radical (unpaired) electrons. The average molecular weight is 502 g/mol. The van der Waals surface area contributed by atoms with Gasteiger partial charge in [-0.2, -0.15) is 0 Å². The van der Waals surface area contributed by atoms with E-state index in [0.717, 1.165) is 11.1 Å². The van der Waals surface area contributed by atoms with Gasteiger partial charge in [0.25, 0.3) is 0 Å². The first-order valence-electron chi connectivity index (χ1n) is 11.0. The van der Waals surface area contributed by atoms with Crippen molar-refractivity contribution in [2.24, 2.45) is 0 Å². The predicted octanol–water partition coefficient (Wildman–Crippen LogP) is 4.60. The van der Waals surface area contributed by atoms with Crippen LogP contribution in [0.25, 0.3) is 0 Å². The van der Waals surface area contributed by atoms with Crippen molar-refractivity contribution in [1.82, 2.24) is 5.32 Å².